The van der Waals surface area contributed by atoms with Gasteiger partial charge in [0.05, 0.1) is 10.4 Å². The van der Waals surface area contributed by atoms with Crippen LogP contribution in [0.4, 0.5) is 5.69 Å². The normalized spacial score (nSPS) is 10.4. The van der Waals surface area contributed by atoms with Crippen molar-refractivity contribution in [1.29, 1.82) is 0 Å². The second-order valence-electron chi connectivity index (χ2n) is 4.94. The number of carbonyl (C=O) groups is 1. The van der Waals surface area contributed by atoms with E-state index in [-0.39, 0.29) is 11.5 Å². The van der Waals surface area contributed by atoms with E-state index in [4.69, 9.17) is 0 Å². The summed E-state index contributed by atoms with van der Waals surface area (Å²) < 4.78 is 0. The predicted molar refractivity (Wildman–Crippen MR) is 87.9 cm³/mol. The zero-order chi connectivity index (χ0) is 16.2. The number of nitrogens with zero attached hydrogens (tertiary/aromatic N) is 2. The summed E-state index contributed by atoms with van der Waals surface area (Å²) in [6.45, 7) is 0. The Labute approximate surface area is 136 Å². The van der Waals surface area contributed by atoms with Crippen molar-refractivity contribution in [3.05, 3.63) is 91.9 Å². The van der Waals surface area contributed by atoms with Gasteiger partial charge in [0.25, 0.3) is 5.69 Å². The highest BCUT2D eigenvalue weighted by atomic mass is 32.1. The van der Waals surface area contributed by atoms with Gasteiger partial charge in [-0.1, -0.05) is 30.3 Å². The van der Waals surface area contributed by atoms with E-state index in [2.05, 4.69) is 4.98 Å². The molecule has 114 valence electrons. The summed E-state index contributed by atoms with van der Waals surface area (Å²) in [5.41, 5.74) is 3.36. The van der Waals surface area contributed by atoms with Gasteiger partial charge in [0.1, 0.15) is 0 Å². The van der Waals surface area contributed by atoms with E-state index in [9.17, 15) is 14.9 Å². The molecular formula is C17H12N2O3S. The number of nitro groups is 1. The second-order valence-corrected chi connectivity index (χ2v) is 5.91. The van der Waals surface area contributed by atoms with Crippen LogP contribution >= 0.6 is 11.3 Å². The monoisotopic (exact) mass is 324 g/mol. The first-order valence-corrected chi connectivity index (χ1v) is 7.77. The van der Waals surface area contributed by atoms with Crippen LogP contribution in [0.1, 0.15) is 26.4 Å². The molecule has 1 heterocycles. The molecule has 5 nitrogen and oxygen atoms in total. The molecule has 0 bridgehead atoms. The molecule has 1 aromatic heterocycles. The van der Waals surface area contributed by atoms with E-state index in [1.807, 2.05) is 6.07 Å². The molecule has 0 saturated heterocycles. The van der Waals surface area contributed by atoms with E-state index < -0.39 is 4.92 Å². The van der Waals surface area contributed by atoms with Gasteiger partial charge in [0, 0.05) is 40.8 Å². The number of hydrogen-bond acceptors (Lipinski definition) is 5. The fourth-order valence-corrected chi connectivity index (χ4v) is 2.94. The molecule has 0 atom stereocenters. The van der Waals surface area contributed by atoms with Crippen LogP contribution in [-0.4, -0.2) is 15.7 Å². The van der Waals surface area contributed by atoms with Crippen LogP contribution in [0, 0.1) is 10.1 Å². The molecule has 0 aliphatic carbocycles. The lowest BCUT2D eigenvalue weighted by atomic mass is 9.96. The summed E-state index contributed by atoms with van der Waals surface area (Å²) >= 11 is 1.46. The Morgan fingerprint density at radius 2 is 1.96 bits per heavy atom. The number of nitro benzene ring substituents is 1. The molecule has 0 aliphatic heterocycles. The highest BCUT2D eigenvalue weighted by Crippen LogP contribution is 2.24. The standard InChI is InChI=1S/C17H12N2O3S/c20-17(12-4-2-1-3-5-12)16-7-6-14(19(21)22)8-13(16)9-15-10-18-11-23-15/h1-8,10-11H,9H2. The Kier molecular flexibility index (Phi) is 4.25. The van der Waals surface area contributed by atoms with Crippen molar-refractivity contribution in [2.75, 3.05) is 0 Å². The van der Waals surface area contributed by atoms with Crippen LogP contribution in [-0.2, 0) is 6.42 Å². The fraction of sp³-hybridized carbons (Fsp3) is 0.0588. The van der Waals surface area contributed by atoms with Crippen molar-refractivity contribution in [2.45, 2.75) is 6.42 Å². The summed E-state index contributed by atoms with van der Waals surface area (Å²) in [6, 6.07) is 13.3. The van der Waals surface area contributed by atoms with E-state index >= 15 is 0 Å². The lowest BCUT2D eigenvalue weighted by Gasteiger charge is -2.08. The number of carbonyl (C=O) groups excluding carboxylic acids is 1. The highest BCUT2D eigenvalue weighted by Gasteiger charge is 2.18. The number of rotatable bonds is 5. The smallest absolute Gasteiger partial charge is 0.269 e. The lowest BCUT2D eigenvalue weighted by Crippen LogP contribution is -2.06. The molecule has 0 saturated carbocycles. The first-order valence-electron chi connectivity index (χ1n) is 6.89. The molecule has 0 fully saturated rings. The molecule has 0 unspecified atom stereocenters. The summed E-state index contributed by atoms with van der Waals surface area (Å²) in [4.78, 5) is 28.2. The van der Waals surface area contributed by atoms with Gasteiger partial charge in [-0.3, -0.25) is 19.9 Å². The molecule has 3 rings (SSSR count). The van der Waals surface area contributed by atoms with Crippen molar-refractivity contribution >= 4 is 22.8 Å². The predicted octanol–water partition coefficient (Wildman–Crippen LogP) is 3.87. The van der Waals surface area contributed by atoms with Crippen LogP contribution in [0.15, 0.2) is 60.2 Å². The molecule has 2 aromatic carbocycles. The number of hydrogen-bond donors (Lipinski definition) is 0. The minimum atomic E-state index is -0.451. The Bertz CT molecular complexity index is 846. The van der Waals surface area contributed by atoms with Crippen molar-refractivity contribution < 1.29 is 9.72 Å². The Balaban J connectivity index is 2.04. The van der Waals surface area contributed by atoms with Crippen molar-refractivity contribution in [2.24, 2.45) is 0 Å². The third kappa shape index (κ3) is 3.32. The quantitative estimate of drug-likeness (QED) is 0.406. The maximum atomic E-state index is 12.7. The Morgan fingerprint density at radius 1 is 1.17 bits per heavy atom. The third-order valence-corrected chi connectivity index (χ3v) is 4.21. The van der Waals surface area contributed by atoms with Crippen molar-refractivity contribution in [3.63, 3.8) is 0 Å². The summed E-state index contributed by atoms with van der Waals surface area (Å²) in [5.74, 6) is -0.139. The first kappa shape index (κ1) is 15.1. The van der Waals surface area contributed by atoms with Gasteiger partial charge in [-0.05, 0) is 11.6 Å². The third-order valence-electron chi connectivity index (χ3n) is 3.43. The van der Waals surface area contributed by atoms with Crippen LogP contribution in [0.2, 0.25) is 0 Å². The molecule has 0 aliphatic rings. The topological polar surface area (TPSA) is 73.1 Å². The van der Waals surface area contributed by atoms with Crippen LogP contribution in [0.3, 0.4) is 0 Å². The average Bonchev–Trinajstić information content (AvgIpc) is 3.08. The fourth-order valence-electron chi connectivity index (χ4n) is 2.32. The molecule has 0 radical (unpaired) electrons. The van der Waals surface area contributed by atoms with Crippen LogP contribution in [0.5, 0.6) is 0 Å². The average molecular weight is 324 g/mol. The van der Waals surface area contributed by atoms with E-state index in [0.29, 0.717) is 23.1 Å². The molecule has 0 N–H and O–H groups in total. The highest BCUT2D eigenvalue weighted by molar-refractivity contribution is 7.09. The Hall–Kier alpha value is -2.86. The van der Waals surface area contributed by atoms with E-state index in [0.717, 1.165) is 4.88 Å². The SMILES string of the molecule is O=C(c1ccccc1)c1ccc([N+](=O)[O-])cc1Cc1cncs1. The number of non-ortho nitro benzene ring substituents is 1. The minimum Gasteiger partial charge on any atom is -0.289 e. The van der Waals surface area contributed by atoms with Gasteiger partial charge in [0.15, 0.2) is 5.78 Å². The molecule has 6 heteroatoms. The number of thiazole rings is 1. The number of aromatic nitrogens is 1. The summed E-state index contributed by atoms with van der Waals surface area (Å²) in [5, 5.41) is 11.0. The summed E-state index contributed by atoms with van der Waals surface area (Å²) in [7, 11) is 0. The largest absolute Gasteiger partial charge is 0.289 e. The van der Waals surface area contributed by atoms with Gasteiger partial charge in [-0.2, -0.15) is 0 Å². The molecular weight excluding hydrogens is 312 g/mol. The zero-order valence-electron chi connectivity index (χ0n) is 12.0. The Morgan fingerprint density at radius 3 is 2.61 bits per heavy atom. The summed E-state index contributed by atoms with van der Waals surface area (Å²) in [6.07, 6.45) is 2.15. The maximum Gasteiger partial charge on any atom is 0.269 e. The number of benzene rings is 2. The second kappa shape index (κ2) is 6.50. The molecule has 0 spiro atoms. The molecule has 3 aromatic rings. The first-order chi connectivity index (χ1) is 11.1. The van der Waals surface area contributed by atoms with Crippen LogP contribution < -0.4 is 0 Å². The van der Waals surface area contributed by atoms with Gasteiger partial charge in [-0.15, -0.1) is 11.3 Å². The number of ketones is 1. The molecule has 23 heavy (non-hydrogen) atoms. The zero-order valence-corrected chi connectivity index (χ0v) is 12.8. The lowest BCUT2D eigenvalue weighted by molar-refractivity contribution is -0.384. The van der Waals surface area contributed by atoms with Gasteiger partial charge < -0.3 is 0 Å². The molecule has 0 amide bonds. The minimum absolute atomic E-state index is 0.0193. The van der Waals surface area contributed by atoms with E-state index in [1.165, 1.54) is 29.5 Å². The van der Waals surface area contributed by atoms with Crippen molar-refractivity contribution in [1.82, 2.24) is 4.98 Å². The van der Waals surface area contributed by atoms with Gasteiger partial charge in [0.2, 0.25) is 0 Å². The van der Waals surface area contributed by atoms with Crippen LogP contribution in [0.25, 0.3) is 0 Å². The van der Waals surface area contributed by atoms with Crippen molar-refractivity contribution in [3.8, 4) is 0 Å². The maximum absolute atomic E-state index is 12.7. The van der Waals surface area contributed by atoms with E-state index in [1.54, 1.807) is 36.0 Å². The van der Waals surface area contributed by atoms with Gasteiger partial charge >= 0.3 is 0 Å². The van der Waals surface area contributed by atoms with Gasteiger partial charge in [-0.25, -0.2) is 0 Å².